The molecular formula is C9H7N3O3. The predicted molar refractivity (Wildman–Crippen MR) is 50.2 cm³/mol. The molecule has 6 nitrogen and oxygen atoms in total. The van der Waals surface area contributed by atoms with Crippen molar-refractivity contribution in [2.45, 2.75) is 6.42 Å². The molecule has 0 fully saturated rings. The van der Waals surface area contributed by atoms with Crippen molar-refractivity contribution in [1.82, 2.24) is 10.2 Å². The predicted octanol–water partition coefficient (Wildman–Crippen LogP) is 1.57. The summed E-state index contributed by atoms with van der Waals surface area (Å²) in [6.45, 7) is 0. The zero-order chi connectivity index (χ0) is 10.7. The number of para-hydroxylation sites is 1. The average molecular weight is 205 g/mol. The van der Waals surface area contributed by atoms with Gasteiger partial charge in [-0.05, 0) is 0 Å². The normalized spacial score (nSPS) is 10.1. The highest BCUT2D eigenvalue weighted by molar-refractivity contribution is 5.40. The topological polar surface area (TPSA) is 82.1 Å². The van der Waals surface area contributed by atoms with Crippen molar-refractivity contribution in [3.63, 3.8) is 0 Å². The zero-order valence-corrected chi connectivity index (χ0v) is 7.66. The molecule has 6 heteroatoms. The van der Waals surface area contributed by atoms with E-state index in [9.17, 15) is 10.1 Å². The largest absolute Gasteiger partial charge is 0.428 e. The van der Waals surface area contributed by atoms with Crippen LogP contribution in [0.3, 0.4) is 0 Å². The first-order valence-electron chi connectivity index (χ1n) is 4.24. The fourth-order valence-corrected chi connectivity index (χ4v) is 1.27. The fraction of sp³-hybridized carbons (Fsp3) is 0.111. The van der Waals surface area contributed by atoms with E-state index in [0.29, 0.717) is 11.5 Å². The van der Waals surface area contributed by atoms with E-state index in [4.69, 9.17) is 4.42 Å². The molecule has 0 saturated carbocycles. The molecule has 0 aliphatic heterocycles. The second-order valence-electron chi connectivity index (χ2n) is 2.90. The SMILES string of the molecule is O=[N+]([O-])c1ccccc1Cc1nnco1. The molecule has 0 radical (unpaired) electrons. The van der Waals surface area contributed by atoms with Gasteiger partial charge >= 0.3 is 0 Å². The summed E-state index contributed by atoms with van der Waals surface area (Å²) in [5, 5.41) is 17.9. The van der Waals surface area contributed by atoms with Crippen molar-refractivity contribution >= 4 is 5.69 Å². The maximum atomic E-state index is 10.7. The van der Waals surface area contributed by atoms with E-state index in [0.717, 1.165) is 0 Å². The van der Waals surface area contributed by atoms with Crippen LogP contribution in [0.1, 0.15) is 11.5 Å². The molecule has 0 unspecified atom stereocenters. The molecule has 0 bridgehead atoms. The molecule has 1 heterocycles. The average Bonchev–Trinajstić information content (AvgIpc) is 2.71. The number of nitro groups is 1. The van der Waals surface area contributed by atoms with Crippen molar-refractivity contribution < 1.29 is 9.34 Å². The first-order chi connectivity index (χ1) is 7.27. The molecule has 0 spiro atoms. The van der Waals surface area contributed by atoms with Crippen LogP contribution >= 0.6 is 0 Å². The second kappa shape index (κ2) is 3.87. The van der Waals surface area contributed by atoms with Crippen LogP contribution in [0.25, 0.3) is 0 Å². The molecule has 0 N–H and O–H groups in total. The number of rotatable bonds is 3. The number of nitrogens with zero attached hydrogens (tertiary/aromatic N) is 3. The van der Waals surface area contributed by atoms with Crippen LogP contribution in [0, 0.1) is 10.1 Å². The number of nitro benzene ring substituents is 1. The highest BCUT2D eigenvalue weighted by Crippen LogP contribution is 2.19. The molecule has 76 valence electrons. The maximum Gasteiger partial charge on any atom is 0.273 e. The summed E-state index contributed by atoms with van der Waals surface area (Å²) in [6, 6.07) is 6.47. The van der Waals surface area contributed by atoms with Gasteiger partial charge in [0.25, 0.3) is 5.69 Å². The smallest absolute Gasteiger partial charge is 0.273 e. The van der Waals surface area contributed by atoms with Gasteiger partial charge in [0.2, 0.25) is 12.3 Å². The first kappa shape index (κ1) is 9.32. The van der Waals surface area contributed by atoms with E-state index < -0.39 is 4.92 Å². The Balaban J connectivity index is 2.32. The quantitative estimate of drug-likeness (QED) is 0.561. The van der Waals surface area contributed by atoms with Crippen LogP contribution in [-0.2, 0) is 6.42 Å². The van der Waals surface area contributed by atoms with Gasteiger partial charge in [-0.1, -0.05) is 18.2 Å². The van der Waals surface area contributed by atoms with E-state index in [1.807, 2.05) is 0 Å². The van der Waals surface area contributed by atoms with Gasteiger partial charge in [0.05, 0.1) is 11.3 Å². The van der Waals surface area contributed by atoms with Crippen LogP contribution in [0.2, 0.25) is 0 Å². The lowest BCUT2D eigenvalue weighted by Gasteiger charge is -1.98. The summed E-state index contributed by atoms with van der Waals surface area (Å²) in [6.07, 6.45) is 1.47. The highest BCUT2D eigenvalue weighted by atomic mass is 16.6. The van der Waals surface area contributed by atoms with Gasteiger partial charge in [-0.25, -0.2) is 0 Å². The van der Waals surface area contributed by atoms with E-state index in [2.05, 4.69) is 10.2 Å². The lowest BCUT2D eigenvalue weighted by Crippen LogP contribution is -1.96. The van der Waals surface area contributed by atoms with Crippen molar-refractivity contribution in [2.75, 3.05) is 0 Å². The van der Waals surface area contributed by atoms with Gasteiger partial charge in [0.15, 0.2) is 0 Å². The Kier molecular flexibility index (Phi) is 2.40. The van der Waals surface area contributed by atoms with Crippen LogP contribution in [-0.4, -0.2) is 15.1 Å². The Morgan fingerprint density at radius 3 is 2.87 bits per heavy atom. The Bertz CT molecular complexity index is 467. The number of aromatic nitrogens is 2. The number of benzene rings is 1. The third-order valence-corrected chi connectivity index (χ3v) is 1.94. The number of hydrogen-bond acceptors (Lipinski definition) is 5. The summed E-state index contributed by atoms with van der Waals surface area (Å²) in [5.41, 5.74) is 0.627. The van der Waals surface area contributed by atoms with Crippen LogP contribution < -0.4 is 0 Å². The lowest BCUT2D eigenvalue weighted by atomic mass is 10.1. The monoisotopic (exact) mass is 205 g/mol. The summed E-state index contributed by atoms with van der Waals surface area (Å²) < 4.78 is 4.93. The molecular weight excluding hydrogens is 198 g/mol. The standard InChI is InChI=1S/C9H7N3O3/c13-12(14)8-4-2-1-3-7(8)5-9-11-10-6-15-9/h1-4,6H,5H2. The van der Waals surface area contributed by atoms with Gasteiger partial charge in [-0.3, -0.25) is 10.1 Å². The van der Waals surface area contributed by atoms with Crippen molar-refractivity contribution in [2.24, 2.45) is 0 Å². The third-order valence-electron chi connectivity index (χ3n) is 1.94. The molecule has 0 aliphatic rings. The van der Waals surface area contributed by atoms with Gasteiger partial charge < -0.3 is 4.42 Å². The molecule has 1 aromatic heterocycles. The maximum absolute atomic E-state index is 10.7. The van der Waals surface area contributed by atoms with Gasteiger partial charge in [0, 0.05) is 11.6 Å². The Morgan fingerprint density at radius 2 is 2.20 bits per heavy atom. The Labute approximate surface area is 84.7 Å². The molecule has 0 atom stereocenters. The minimum Gasteiger partial charge on any atom is -0.428 e. The van der Waals surface area contributed by atoms with Crippen LogP contribution in [0.4, 0.5) is 5.69 Å². The van der Waals surface area contributed by atoms with Gasteiger partial charge in [0.1, 0.15) is 0 Å². The lowest BCUT2D eigenvalue weighted by molar-refractivity contribution is -0.385. The summed E-state index contributed by atoms with van der Waals surface area (Å²) >= 11 is 0. The van der Waals surface area contributed by atoms with E-state index in [-0.39, 0.29) is 12.1 Å². The van der Waals surface area contributed by atoms with E-state index >= 15 is 0 Å². The molecule has 1 aromatic carbocycles. The highest BCUT2D eigenvalue weighted by Gasteiger charge is 2.14. The number of hydrogen-bond donors (Lipinski definition) is 0. The molecule has 0 saturated heterocycles. The summed E-state index contributed by atoms with van der Waals surface area (Å²) in [7, 11) is 0. The first-order valence-corrected chi connectivity index (χ1v) is 4.24. The minimum atomic E-state index is -0.425. The van der Waals surface area contributed by atoms with Crippen LogP contribution in [0.15, 0.2) is 35.1 Å². The van der Waals surface area contributed by atoms with Crippen LogP contribution in [0.5, 0.6) is 0 Å². The summed E-state index contributed by atoms with van der Waals surface area (Å²) in [4.78, 5) is 10.3. The molecule has 2 aromatic rings. The molecule has 0 amide bonds. The van der Waals surface area contributed by atoms with Crippen molar-refractivity contribution in [3.8, 4) is 0 Å². The van der Waals surface area contributed by atoms with E-state index in [1.54, 1.807) is 18.2 Å². The fourth-order valence-electron chi connectivity index (χ4n) is 1.27. The summed E-state index contributed by atoms with van der Waals surface area (Å²) in [5.74, 6) is 0.365. The van der Waals surface area contributed by atoms with E-state index in [1.165, 1.54) is 12.5 Å². The van der Waals surface area contributed by atoms with Gasteiger partial charge in [-0.15, -0.1) is 10.2 Å². The third kappa shape index (κ3) is 1.98. The molecule has 0 aliphatic carbocycles. The van der Waals surface area contributed by atoms with Crippen molar-refractivity contribution in [1.29, 1.82) is 0 Å². The van der Waals surface area contributed by atoms with Crippen molar-refractivity contribution in [3.05, 3.63) is 52.2 Å². The zero-order valence-electron chi connectivity index (χ0n) is 7.66. The Morgan fingerprint density at radius 1 is 1.40 bits per heavy atom. The van der Waals surface area contributed by atoms with Gasteiger partial charge in [-0.2, -0.15) is 0 Å². The molecule has 2 rings (SSSR count). The Hall–Kier alpha value is -2.24. The molecule has 15 heavy (non-hydrogen) atoms. The minimum absolute atomic E-state index is 0.0655. The second-order valence-corrected chi connectivity index (χ2v) is 2.90.